The van der Waals surface area contributed by atoms with E-state index in [-0.39, 0.29) is 0 Å². The number of aromatic nitrogens is 2. The van der Waals surface area contributed by atoms with Gasteiger partial charge in [-0.1, -0.05) is 6.07 Å². The Hall–Kier alpha value is -2.61. The monoisotopic (exact) mass is 279 g/mol. The predicted molar refractivity (Wildman–Crippen MR) is 82.4 cm³/mol. The third-order valence-corrected chi connectivity index (χ3v) is 3.80. The van der Waals surface area contributed by atoms with E-state index >= 15 is 0 Å². The summed E-state index contributed by atoms with van der Waals surface area (Å²) in [6.45, 7) is 1.92. The topological polar surface area (TPSA) is 78.8 Å². The van der Waals surface area contributed by atoms with Gasteiger partial charge >= 0.3 is 0 Å². The van der Waals surface area contributed by atoms with Gasteiger partial charge in [-0.05, 0) is 38.0 Å². The zero-order valence-corrected chi connectivity index (χ0v) is 12.2. The summed E-state index contributed by atoms with van der Waals surface area (Å²) in [5, 5.41) is 9.02. The molecule has 0 amide bonds. The Bertz CT molecular complexity index is 728. The molecule has 3 rings (SSSR count). The Morgan fingerprint density at radius 1 is 1.33 bits per heavy atom. The van der Waals surface area contributed by atoms with E-state index in [1.807, 2.05) is 37.1 Å². The maximum Gasteiger partial charge on any atom is 0.141 e. The summed E-state index contributed by atoms with van der Waals surface area (Å²) >= 11 is 0. The van der Waals surface area contributed by atoms with Crippen molar-refractivity contribution in [2.45, 2.75) is 25.7 Å². The van der Waals surface area contributed by atoms with Gasteiger partial charge < -0.3 is 10.6 Å². The van der Waals surface area contributed by atoms with Crippen LogP contribution in [-0.2, 0) is 0 Å². The minimum atomic E-state index is 0.450. The number of hydrogen-bond acceptors (Lipinski definition) is 5. The van der Waals surface area contributed by atoms with Crippen LogP contribution < -0.4 is 10.6 Å². The zero-order chi connectivity index (χ0) is 15.0. The van der Waals surface area contributed by atoms with E-state index in [1.54, 1.807) is 6.07 Å². The second kappa shape index (κ2) is 5.06. The normalized spacial score (nSPS) is 13.8. The van der Waals surface area contributed by atoms with E-state index in [0.717, 1.165) is 35.7 Å². The van der Waals surface area contributed by atoms with E-state index in [1.165, 1.54) is 0 Å². The molecule has 1 saturated carbocycles. The van der Waals surface area contributed by atoms with Crippen LogP contribution in [0.3, 0.4) is 0 Å². The van der Waals surface area contributed by atoms with Crippen molar-refractivity contribution >= 4 is 17.3 Å². The highest BCUT2D eigenvalue weighted by Crippen LogP contribution is 2.40. The molecule has 1 aliphatic rings. The smallest absolute Gasteiger partial charge is 0.141 e. The average Bonchev–Trinajstić information content (AvgIpc) is 3.34. The van der Waals surface area contributed by atoms with Crippen molar-refractivity contribution in [2.75, 3.05) is 17.7 Å². The molecule has 1 aromatic carbocycles. The highest BCUT2D eigenvalue weighted by molar-refractivity contribution is 5.67. The summed E-state index contributed by atoms with van der Waals surface area (Å²) in [6.07, 6.45) is 2.27. The molecule has 0 bridgehead atoms. The Morgan fingerprint density at radius 3 is 2.76 bits per heavy atom. The van der Waals surface area contributed by atoms with Gasteiger partial charge in [0.25, 0.3) is 0 Å². The standard InChI is InChI=1S/C16H17N5/c1-10-14(18)19-15(12-6-7-12)20-16(10)21(2)13-5-3-4-11(8-13)9-17/h3-5,8,12H,6-7H2,1-2H3,(H2,18,19,20). The largest absolute Gasteiger partial charge is 0.383 e. The molecular weight excluding hydrogens is 262 g/mol. The van der Waals surface area contributed by atoms with E-state index in [0.29, 0.717) is 17.3 Å². The Kier molecular flexibility index (Phi) is 3.22. The van der Waals surface area contributed by atoms with Gasteiger partial charge in [0.2, 0.25) is 0 Å². The predicted octanol–water partition coefficient (Wildman–Crippen LogP) is 2.88. The first-order valence-electron chi connectivity index (χ1n) is 6.98. The Labute approximate surface area is 124 Å². The van der Waals surface area contributed by atoms with Gasteiger partial charge in [-0.15, -0.1) is 0 Å². The first-order valence-corrected chi connectivity index (χ1v) is 6.98. The minimum absolute atomic E-state index is 0.450. The first-order chi connectivity index (χ1) is 10.1. The average molecular weight is 279 g/mol. The van der Waals surface area contributed by atoms with E-state index in [4.69, 9.17) is 11.0 Å². The summed E-state index contributed by atoms with van der Waals surface area (Å²) in [5.41, 5.74) is 8.43. The van der Waals surface area contributed by atoms with Crippen molar-refractivity contribution in [3.63, 3.8) is 0 Å². The number of anilines is 3. The van der Waals surface area contributed by atoms with Crippen LogP contribution in [0.1, 0.15) is 35.7 Å². The van der Waals surface area contributed by atoms with Crippen LogP contribution >= 0.6 is 0 Å². The molecule has 2 N–H and O–H groups in total. The molecule has 0 saturated heterocycles. The lowest BCUT2D eigenvalue weighted by atomic mass is 10.2. The summed E-state index contributed by atoms with van der Waals surface area (Å²) in [6, 6.07) is 9.60. The molecule has 1 aliphatic carbocycles. The maximum absolute atomic E-state index is 9.02. The summed E-state index contributed by atoms with van der Waals surface area (Å²) in [4.78, 5) is 11.0. The molecule has 0 atom stereocenters. The van der Waals surface area contributed by atoms with Gasteiger partial charge in [0, 0.05) is 24.2 Å². The highest BCUT2D eigenvalue weighted by atomic mass is 15.2. The van der Waals surface area contributed by atoms with Gasteiger partial charge in [0.05, 0.1) is 11.6 Å². The lowest BCUT2D eigenvalue weighted by Crippen LogP contribution is -2.16. The third kappa shape index (κ3) is 2.52. The number of benzene rings is 1. The quantitative estimate of drug-likeness (QED) is 0.934. The van der Waals surface area contributed by atoms with E-state index in [9.17, 15) is 0 Å². The van der Waals surface area contributed by atoms with E-state index in [2.05, 4.69) is 16.0 Å². The second-order valence-corrected chi connectivity index (χ2v) is 5.41. The summed E-state index contributed by atoms with van der Waals surface area (Å²) in [5.74, 6) is 2.62. The molecule has 2 aromatic rings. The lowest BCUT2D eigenvalue weighted by Gasteiger charge is -2.21. The van der Waals surface area contributed by atoms with Crippen molar-refractivity contribution < 1.29 is 0 Å². The fourth-order valence-electron chi connectivity index (χ4n) is 2.30. The number of nitriles is 1. The number of nitrogens with two attached hydrogens (primary N) is 1. The number of hydrogen-bond donors (Lipinski definition) is 1. The highest BCUT2D eigenvalue weighted by Gasteiger charge is 2.28. The van der Waals surface area contributed by atoms with E-state index < -0.39 is 0 Å². The first kappa shape index (κ1) is 13.4. The molecule has 5 heteroatoms. The molecular formula is C16H17N5. The molecule has 21 heavy (non-hydrogen) atoms. The van der Waals surface area contributed by atoms with Gasteiger partial charge in [-0.25, -0.2) is 9.97 Å². The molecule has 1 fully saturated rings. The minimum Gasteiger partial charge on any atom is -0.383 e. The number of nitrogen functional groups attached to an aromatic ring is 1. The lowest BCUT2D eigenvalue weighted by molar-refractivity contribution is 0.910. The van der Waals surface area contributed by atoms with Crippen molar-refractivity contribution in [2.24, 2.45) is 0 Å². The van der Waals surface area contributed by atoms with Gasteiger partial charge in [0.1, 0.15) is 17.5 Å². The zero-order valence-electron chi connectivity index (χ0n) is 12.2. The Morgan fingerprint density at radius 2 is 2.10 bits per heavy atom. The SMILES string of the molecule is Cc1c(N)nc(C2CC2)nc1N(C)c1cccc(C#N)c1. The molecule has 1 heterocycles. The fourth-order valence-corrected chi connectivity index (χ4v) is 2.30. The van der Waals surface area contributed by atoms with Crippen LogP contribution in [0.4, 0.5) is 17.3 Å². The molecule has 0 radical (unpaired) electrons. The van der Waals surface area contributed by atoms with Crippen molar-refractivity contribution in [3.8, 4) is 6.07 Å². The summed E-state index contributed by atoms with van der Waals surface area (Å²) in [7, 11) is 1.93. The van der Waals surface area contributed by atoms with Gasteiger partial charge in [-0.3, -0.25) is 0 Å². The molecule has 0 unspecified atom stereocenters. The van der Waals surface area contributed by atoms with Crippen LogP contribution in [0.2, 0.25) is 0 Å². The van der Waals surface area contributed by atoms with Crippen molar-refractivity contribution in [1.82, 2.24) is 9.97 Å². The number of nitrogens with zero attached hydrogens (tertiary/aromatic N) is 4. The van der Waals surface area contributed by atoms with Crippen molar-refractivity contribution in [1.29, 1.82) is 5.26 Å². The molecule has 0 aliphatic heterocycles. The summed E-state index contributed by atoms with van der Waals surface area (Å²) < 4.78 is 0. The fraction of sp³-hybridized carbons (Fsp3) is 0.312. The maximum atomic E-state index is 9.02. The van der Waals surface area contributed by atoms with Gasteiger partial charge in [0.15, 0.2) is 0 Å². The molecule has 1 aromatic heterocycles. The van der Waals surface area contributed by atoms with Crippen LogP contribution in [0.15, 0.2) is 24.3 Å². The van der Waals surface area contributed by atoms with Crippen molar-refractivity contribution in [3.05, 3.63) is 41.2 Å². The molecule has 5 nitrogen and oxygen atoms in total. The Balaban J connectivity index is 2.04. The molecule has 106 valence electrons. The second-order valence-electron chi connectivity index (χ2n) is 5.41. The number of rotatable bonds is 3. The van der Waals surface area contributed by atoms with Gasteiger partial charge in [-0.2, -0.15) is 5.26 Å². The van der Waals surface area contributed by atoms with Crippen LogP contribution in [0.25, 0.3) is 0 Å². The molecule has 0 spiro atoms. The van der Waals surface area contributed by atoms with Crippen LogP contribution in [-0.4, -0.2) is 17.0 Å². The third-order valence-electron chi connectivity index (χ3n) is 3.80. The van der Waals surface area contributed by atoms with Crippen LogP contribution in [0, 0.1) is 18.3 Å². The van der Waals surface area contributed by atoms with Crippen LogP contribution in [0.5, 0.6) is 0 Å².